The summed E-state index contributed by atoms with van der Waals surface area (Å²) >= 11 is 0. The number of fused-ring (bicyclic) bond motifs is 1. The summed E-state index contributed by atoms with van der Waals surface area (Å²) in [6.45, 7) is 4.34. The van der Waals surface area contributed by atoms with Crippen LogP contribution in [0.4, 0.5) is 0 Å². The van der Waals surface area contributed by atoms with Gasteiger partial charge in [0, 0.05) is 26.1 Å². The molecule has 0 amide bonds. The number of rotatable bonds is 5. The van der Waals surface area contributed by atoms with Gasteiger partial charge in [-0.05, 0) is 23.6 Å². The molecule has 1 aliphatic heterocycles. The Labute approximate surface area is 188 Å². The van der Waals surface area contributed by atoms with Crippen LogP contribution >= 0.6 is 0 Å². The molecule has 0 spiro atoms. The molecule has 4 nitrogen and oxygen atoms in total. The van der Waals surface area contributed by atoms with Crippen molar-refractivity contribution in [3.05, 3.63) is 135 Å². The summed E-state index contributed by atoms with van der Waals surface area (Å²) in [4.78, 5) is 21.2. The topological polar surface area (TPSA) is 38.1 Å². The van der Waals surface area contributed by atoms with Crippen LogP contribution in [0.2, 0.25) is 0 Å². The molecule has 0 aliphatic carbocycles. The van der Waals surface area contributed by atoms with Gasteiger partial charge in [0.25, 0.3) is 5.56 Å². The maximum atomic E-state index is 13.9. The molecule has 160 valence electrons. The molecule has 0 atom stereocenters. The Morgan fingerprint density at radius 1 is 0.844 bits per heavy atom. The minimum atomic E-state index is -0.202. The average molecular weight is 422 g/mol. The van der Waals surface area contributed by atoms with Crippen LogP contribution in [0, 0.1) is 6.92 Å². The van der Waals surface area contributed by atoms with Crippen molar-refractivity contribution in [2.75, 3.05) is 6.54 Å². The van der Waals surface area contributed by atoms with Crippen molar-refractivity contribution in [3.8, 4) is 0 Å². The lowest BCUT2D eigenvalue weighted by Gasteiger charge is -2.30. The molecule has 0 unspecified atom stereocenters. The summed E-state index contributed by atoms with van der Waals surface area (Å²) in [7, 11) is 0. The number of aryl methyl sites for hydroxylation is 1. The minimum absolute atomic E-state index is 0.0722. The van der Waals surface area contributed by atoms with Gasteiger partial charge in [-0.15, -0.1) is 0 Å². The van der Waals surface area contributed by atoms with Crippen LogP contribution in [-0.2, 0) is 19.5 Å². The summed E-state index contributed by atoms with van der Waals surface area (Å²) in [6, 6.07) is 30.7. The normalized spacial score (nSPS) is 13.8. The van der Waals surface area contributed by atoms with Crippen LogP contribution in [0.15, 0.2) is 95.8 Å². The van der Waals surface area contributed by atoms with E-state index < -0.39 is 0 Å². The quantitative estimate of drug-likeness (QED) is 0.467. The van der Waals surface area contributed by atoms with E-state index in [4.69, 9.17) is 4.98 Å². The number of hydrogen-bond acceptors (Lipinski definition) is 3. The largest absolute Gasteiger partial charge is 0.294 e. The Balaban J connectivity index is 1.57. The van der Waals surface area contributed by atoms with Crippen molar-refractivity contribution in [2.45, 2.75) is 32.5 Å². The Bertz CT molecular complexity index is 1210. The van der Waals surface area contributed by atoms with Gasteiger partial charge in [-0.1, -0.05) is 91.0 Å². The predicted octanol–water partition coefficient (Wildman–Crippen LogP) is 4.75. The highest BCUT2D eigenvalue weighted by molar-refractivity contribution is 5.35. The Morgan fingerprint density at radius 3 is 2.00 bits per heavy atom. The maximum absolute atomic E-state index is 13.9. The fourth-order valence-electron chi connectivity index (χ4n) is 4.71. The molecule has 5 rings (SSSR count). The van der Waals surface area contributed by atoms with E-state index in [0.717, 1.165) is 47.7 Å². The molecule has 0 radical (unpaired) electrons. The second kappa shape index (κ2) is 8.93. The molecule has 3 aromatic carbocycles. The Kier molecular flexibility index (Phi) is 5.70. The molecule has 32 heavy (non-hydrogen) atoms. The highest BCUT2D eigenvalue weighted by Crippen LogP contribution is 2.27. The molecular weight excluding hydrogens is 394 g/mol. The summed E-state index contributed by atoms with van der Waals surface area (Å²) in [5.74, 6) is 0.767. The van der Waals surface area contributed by atoms with Crippen LogP contribution in [0.3, 0.4) is 0 Å². The fraction of sp³-hybridized carbons (Fsp3) is 0.214. The zero-order chi connectivity index (χ0) is 21.9. The van der Waals surface area contributed by atoms with E-state index in [1.807, 2.05) is 54.0 Å². The van der Waals surface area contributed by atoms with Gasteiger partial charge in [0.05, 0.1) is 17.3 Å². The van der Waals surface area contributed by atoms with Crippen LogP contribution in [0.1, 0.15) is 39.8 Å². The van der Waals surface area contributed by atoms with Crippen molar-refractivity contribution in [2.24, 2.45) is 0 Å². The standard InChI is InChI=1S/C28H27N3O/c1-21-29-26-17-18-30(19-22-11-5-2-6-12-22)20-25(26)28(32)31(21)27(23-13-7-3-8-14-23)24-15-9-4-10-16-24/h2-16,27H,17-20H2,1H3. The van der Waals surface area contributed by atoms with Crippen molar-refractivity contribution in [1.82, 2.24) is 14.5 Å². The van der Waals surface area contributed by atoms with Crippen molar-refractivity contribution < 1.29 is 0 Å². The fourth-order valence-corrected chi connectivity index (χ4v) is 4.71. The third-order valence-electron chi connectivity index (χ3n) is 6.26. The first-order valence-electron chi connectivity index (χ1n) is 11.2. The summed E-state index contributed by atoms with van der Waals surface area (Å²) < 4.78 is 1.88. The van der Waals surface area contributed by atoms with E-state index >= 15 is 0 Å². The van der Waals surface area contributed by atoms with Gasteiger partial charge < -0.3 is 0 Å². The van der Waals surface area contributed by atoms with Crippen LogP contribution in [0.25, 0.3) is 0 Å². The first kappa shape index (κ1) is 20.4. The van der Waals surface area contributed by atoms with Gasteiger partial charge in [-0.25, -0.2) is 4.98 Å². The molecular formula is C28H27N3O. The van der Waals surface area contributed by atoms with Crippen LogP contribution < -0.4 is 5.56 Å². The van der Waals surface area contributed by atoms with Crippen molar-refractivity contribution in [3.63, 3.8) is 0 Å². The lowest BCUT2D eigenvalue weighted by Crippen LogP contribution is -2.40. The smallest absolute Gasteiger partial charge is 0.259 e. The molecule has 0 N–H and O–H groups in total. The first-order chi connectivity index (χ1) is 15.7. The van der Waals surface area contributed by atoms with E-state index in [9.17, 15) is 4.79 Å². The van der Waals surface area contributed by atoms with Crippen LogP contribution in [-0.4, -0.2) is 21.0 Å². The van der Waals surface area contributed by atoms with Gasteiger partial charge in [0.2, 0.25) is 0 Å². The second-order valence-electron chi connectivity index (χ2n) is 8.43. The van der Waals surface area contributed by atoms with E-state index in [0.29, 0.717) is 6.54 Å². The molecule has 1 aliphatic rings. The first-order valence-corrected chi connectivity index (χ1v) is 11.2. The zero-order valence-electron chi connectivity index (χ0n) is 18.3. The monoisotopic (exact) mass is 421 g/mol. The Morgan fingerprint density at radius 2 is 1.41 bits per heavy atom. The summed E-state index contributed by atoms with van der Waals surface area (Å²) in [5.41, 5.74) is 5.29. The molecule has 1 aromatic heterocycles. The number of nitrogens with zero attached hydrogens (tertiary/aromatic N) is 3. The predicted molar refractivity (Wildman–Crippen MR) is 128 cm³/mol. The SMILES string of the molecule is Cc1nc2c(c(=O)n1C(c1ccccc1)c1ccccc1)CN(Cc1ccccc1)CC2. The van der Waals surface area contributed by atoms with E-state index in [2.05, 4.69) is 53.4 Å². The highest BCUT2D eigenvalue weighted by atomic mass is 16.1. The lowest BCUT2D eigenvalue weighted by atomic mass is 9.97. The van der Waals surface area contributed by atoms with Crippen LogP contribution in [0.5, 0.6) is 0 Å². The summed E-state index contributed by atoms with van der Waals surface area (Å²) in [5, 5.41) is 0. The van der Waals surface area contributed by atoms with Crippen molar-refractivity contribution in [1.29, 1.82) is 0 Å². The minimum Gasteiger partial charge on any atom is -0.294 e. The summed E-state index contributed by atoms with van der Waals surface area (Å²) in [6.07, 6.45) is 0.806. The second-order valence-corrected chi connectivity index (χ2v) is 8.43. The van der Waals surface area contributed by atoms with Gasteiger partial charge in [-0.3, -0.25) is 14.3 Å². The Hall–Kier alpha value is -3.50. The molecule has 2 heterocycles. The number of aromatic nitrogens is 2. The zero-order valence-corrected chi connectivity index (χ0v) is 18.3. The number of benzene rings is 3. The van der Waals surface area contributed by atoms with Gasteiger partial charge in [-0.2, -0.15) is 0 Å². The van der Waals surface area contributed by atoms with Gasteiger partial charge in [0.15, 0.2) is 0 Å². The maximum Gasteiger partial charge on any atom is 0.259 e. The van der Waals surface area contributed by atoms with E-state index in [-0.39, 0.29) is 11.6 Å². The number of hydrogen-bond donors (Lipinski definition) is 0. The van der Waals surface area contributed by atoms with E-state index in [1.165, 1.54) is 5.56 Å². The lowest BCUT2D eigenvalue weighted by molar-refractivity contribution is 0.240. The molecule has 0 saturated heterocycles. The highest BCUT2D eigenvalue weighted by Gasteiger charge is 2.26. The van der Waals surface area contributed by atoms with Gasteiger partial charge in [0.1, 0.15) is 5.82 Å². The third-order valence-corrected chi connectivity index (χ3v) is 6.26. The van der Waals surface area contributed by atoms with Crippen molar-refractivity contribution >= 4 is 0 Å². The van der Waals surface area contributed by atoms with Gasteiger partial charge >= 0.3 is 0 Å². The van der Waals surface area contributed by atoms with E-state index in [1.54, 1.807) is 0 Å². The molecule has 4 heteroatoms. The molecule has 0 fully saturated rings. The third kappa shape index (κ3) is 4.02. The average Bonchev–Trinajstić information content (AvgIpc) is 2.84. The molecule has 0 bridgehead atoms. The molecule has 4 aromatic rings. The molecule has 0 saturated carbocycles.